The molecule has 16 valence electrons. The first kappa shape index (κ1) is 23.1. The van der Waals surface area contributed by atoms with Crippen molar-refractivity contribution in [1.82, 2.24) is 0 Å². The summed E-state index contributed by atoms with van der Waals surface area (Å²) in [4.78, 5) is 0. The Labute approximate surface area is 152 Å². The van der Waals surface area contributed by atoms with Crippen LogP contribution in [0.1, 0.15) is 0 Å². The SMILES string of the molecule is [I-].[I-].[K+].[Rb+]. The van der Waals surface area contributed by atoms with Crippen molar-refractivity contribution in [2.24, 2.45) is 0 Å². The topological polar surface area (TPSA) is 0 Å². The van der Waals surface area contributed by atoms with Crippen molar-refractivity contribution in [1.29, 1.82) is 0 Å². The van der Waals surface area contributed by atoms with Gasteiger partial charge in [-0.3, -0.25) is 0 Å². The van der Waals surface area contributed by atoms with E-state index in [2.05, 4.69) is 0 Å². The van der Waals surface area contributed by atoms with Crippen LogP contribution in [0.5, 0.6) is 0 Å². The Morgan fingerprint density at radius 3 is 0.750 bits per heavy atom. The standard InChI is InChI=1S/2HI.K.Rb/h2*1H;;/q;;2*+1/p-2. The molecule has 0 atom stereocenters. The fourth-order valence-corrected chi connectivity index (χ4v) is 0. The first-order chi connectivity index (χ1) is 0. The molecule has 0 saturated carbocycles. The second-order valence-corrected chi connectivity index (χ2v) is 0. The smallest absolute Gasteiger partial charge is 1.00 e. The third-order valence-electron chi connectivity index (χ3n) is 0. The molecular weight excluding hydrogens is 378 g/mol. The summed E-state index contributed by atoms with van der Waals surface area (Å²) < 4.78 is 0. The Kier molecular flexibility index (Phi) is 90.6. The number of hydrogen-bond acceptors (Lipinski definition) is 0. The summed E-state index contributed by atoms with van der Waals surface area (Å²) >= 11 is 0. The van der Waals surface area contributed by atoms with Gasteiger partial charge in [-0.05, 0) is 0 Å². The van der Waals surface area contributed by atoms with Gasteiger partial charge < -0.3 is 48.0 Å². The minimum Gasteiger partial charge on any atom is -1.00 e. The van der Waals surface area contributed by atoms with Gasteiger partial charge >= 0.3 is 110 Å². The molecule has 4 heteroatoms. The molecule has 0 bridgehead atoms. The van der Waals surface area contributed by atoms with Gasteiger partial charge in [-0.25, -0.2) is 0 Å². The van der Waals surface area contributed by atoms with E-state index in [1.807, 2.05) is 0 Å². The van der Waals surface area contributed by atoms with Gasteiger partial charge in [0.05, 0.1) is 0 Å². The van der Waals surface area contributed by atoms with Crippen molar-refractivity contribution >= 4 is 0 Å². The maximum atomic E-state index is 0. The first-order valence-corrected chi connectivity index (χ1v) is 0. The zero-order valence-corrected chi connectivity index (χ0v) is 15.1. The molecule has 4 heavy (non-hydrogen) atoms. The molecule has 0 aromatic rings. The summed E-state index contributed by atoms with van der Waals surface area (Å²) in [5.74, 6) is 0. The molecule has 0 heterocycles. The van der Waals surface area contributed by atoms with E-state index in [0.717, 1.165) is 0 Å². The van der Waals surface area contributed by atoms with Crippen LogP contribution in [0.3, 0.4) is 0 Å². The maximum absolute atomic E-state index is 0. The molecule has 0 aliphatic rings. The van der Waals surface area contributed by atoms with Gasteiger partial charge in [0.15, 0.2) is 0 Å². The molecule has 0 unspecified atom stereocenters. The van der Waals surface area contributed by atoms with Crippen molar-refractivity contribution in [3.63, 3.8) is 0 Å². The Hall–Kier alpha value is 4.90. The van der Waals surface area contributed by atoms with Gasteiger partial charge in [0.2, 0.25) is 0 Å². The van der Waals surface area contributed by atoms with E-state index >= 15 is 0 Å². The van der Waals surface area contributed by atoms with Crippen molar-refractivity contribution in [3.8, 4) is 0 Å². The normalized spacial score (nSPS) is 0. The van der Waals surface area contributed by atoms with E-state index in [1.54, 1.807) is 0 Å². The summed E-state index contributed by atoms with van der Waals surface area (Å²) in [6.07, 6.45) is 0. The molecule has 0 aliphatic heterocycles. The van der Waals surface area contributed by atoms with E-state index in [1.165, 1.54) is 0 Å². The quantitative estimate of drug-likeness (QED) is 0.290. The second-order valence-electron chi connectivity index (χ2n) is 0. The predicted octanol–water partition coefficient (Wildman–Crippen LogP) is -12.0. The number of rotatable bonds is 0. The van der Waals surface area contributed by atoms with Crippen LogP contribution in [0.2, 0.25) is 0 Å². The van der Waals surface area contributed by atoms with Gasteiger partial charge in [0.1, 0.15) is 0 Å². The van der Waals surface area contributed by atoms with Crippen molar-refractivity contribution < 1.29 is 158 Å². The average molecular weight is 378 g/mol. The summed E-state index contributed by atoms with van der Waals surface area (Å²) in [5, 5.41) is 0. The number of halogens is 2. The van der Waals surface area contributed by atoms with E-state index in [9.17, 15) is 0 Å². The number of hydrogen-bond donors (Lipinski definition) is 0. The molecule has 0 N–H and O–H groups in total. The monoisotopic (exact) mass is 378 g/mol. The molecule has 0 rings (SSSR count). The predicted molar refractivity (Wildman–Crippen MR) is 0 cm³/mol. The fraction of sp³-hybridized carbons (Fsp3) is 0. The van der Waals surface area contributed by atoms with Crippen LogP contribution >= 0.6 is 0 Å². The van der Waals surface area contributed by atoms with Crippen LogP contribution in [0.25, 0.3) is 0 Å². The van der Waals surface area contributed by atoms with Gasteiger partial charge in [0.25, 0.3) is 0 Å². The van der Waals surface area contributed by atoms with Gasteiger partial charge in [-0.1, -0.05) is 0 Å². The van der Waals surface area contributed by atoms with E-state index in [0.29, 0.717) is 0 Å². The Bertz CT molecular complexity index is 6.00. The second kappa shape index (κ2) is 15.7. The third-order valence-corrected chi connectivity index (χ3v) is 0. The van der Waals surface area contributed by atoms with Crippen LogP contribution < -0.4 is 158 Å². The molecule has 0 nitrogen and oxygen atoms in total. The molecule has 0 saturated heterocycles. The fourth-order valence-electron chi connectivity index (χ4n) is 0. The van der Waals surface area contributed by atoms with Crippen LogP contribution in [0.15, 0.2) is 0 Å². The van der Waals surface area contributed by atoms with E-state index in [4.69, 9.17) is 0 Å². The molecule has 0 radical (unpaired) electrons. The van der Waals surface area contributed by atoms with Crippen molar-refractivity contribution in [2.45, 2.75) is 0 Å². The zero-order chi connectivity index (χ0) is 0. The zero-order valence-electron chi connectivity index (χ0n) is 2.76. The van der Waals surface area contributed by atoms with Gasteiger partial charge in [-0.15, -0.1) is 0 Å². The van der Waals surface area contributed by atoms with Crippen LogP contribution in [0, 0.1) is 0 Å². The molecular formula is I2KRb. The molecule has 0 aromatic heterocycles. The minimum absolute atomic E-state index is 0. The summed E-state index contributed by atoms with van der Waals surface area (Å²) in [6.45, 7) is 0. The van der Waals surface area contributed by atoms with Crippen LogP contribution in [-0.2, 0) is 0 Å². The molecule has 0 amide bonds. The largest absolute Gasteiger partial charge is 1.00 e. The van der Waals surface area contributed by atoms with Crippen molar-refractivity contribution in [2.75, 3.05) is 0 Å². The van der Waals surface area contributed by atoms with Gasteiger partial charge in [0, 0.05) is 0 Å². The molecule has 0 fully saturated rings. The third kappa shape index (κ3) is 10.0. The first-order valence-electron chi connectivity index (χ1n) is 0. The average Bonchev–Trinajstić information content (AvgIpc) is 0. The Morgan fingerprint density at radius 2 is 0.750 bits per heavy atom. The summed E-state index contributed by atoms with van der Waals surface area (Å²) in [5.41, 5.74) is 0. The summed E-state index contributed by atoms with van der Waals surface area (Å²) in [7, 11) is 0. The van der Waals surface area contributed by atoms with Crippen LogP contribution in [-0.4, -0.2) is 0 Å². The van der Waals surface area contributed by atoms with Crippen LogP contribution in [0.4, 0.5) is 0 Å². The Balaban J connectivity index is 0. The van der Waals surface area contributed by atoms with E-state index < -0.39 is 0 Å². The maximum Gasteiger partial charge on any atom is 1.00 e. The molecule has 0 aromatic carbocycles. The molecule has 0 spiro atoms. The van der Waals surface area contributed by atoms with Crippen molar-refractivity contribution in [3.05, 3.63) is 0 Å². The minimum atomic E-state index is 0. The summed E-state index contributed by atoms with van der Waals surface area (Å²) in [6, 6.07) is 0. The Morgan fingerprint density at radius 1 is 0.750 bits per heavy atom. The van der Waals surface area contributed by atoms with E-state index in [-0.39, 0.29) is 158 Å². The van der Waals surface area contributed by atoms with Gasteiger partial charge in [-0.2, -0.15) is 0 Å². The molecule has 0 aliphatic carbocycles.